The van der Waals surface area contributed by atoms with Gasteiger partial charge in [-0.2, -0.15) is 0 Å². The maximum atomic E-state index is 13.5. The molecule has 3 aromatic carbocycles. The highest BCUT2D eigenvalue weighted by atomic mass is 19.1. The topological polar surface area (TPSA) is 41.1 Å². The van der Waals surface area contributed by atoms with Gasteiger partial charge in [0.1, 0.15) is 11.6 Å². The van der Waals surface area contributed by atoms with E-state index >= 15 is 0 Å². The van der Waals surface area contributed by atoms with Crippen LogP contribution in [0.4, 0.5) is 25.0 Å². The van der Waals surface area contributed by atoms with Gasteiger partial charge in [0.15, 0.2) is 0 Å². The van der Waals surface area contributed by atoms with Gasteiger partial charge < -0.3 is 10.6 Å². The molecule has 3 nitrogen and oxygen atoms in total. The van der Waals surface area contributed by atoms with Crippen LogP contribution in [0.3, 0.4) is 0 Å². The molecule has 0 heterocycles. The molecule has 0 atom stereocenters. The van der Waals surface area contributed by atoms with Gasteiger partial charge in [-0.25, -0.2) is 13.6 Å². The molecule has 0 saturated carbocycles. The van der Waals surface area contributed by atoms with Crippen LogP contribution in [0.5, 0.6) is 0 Å². The molecule has 0 unspecified atom stereocenters. The summed E-state index contributed by atoms with van der Waals surface area (Å²) < 4.78 is 26.3. The number of halogens is 2. The Morgan fingerprint density at radius 2 is 1.59 bits per heavy atom. The minimum absolute atomic E-state index is 0.0836. The fraction of sp³-hybridized carbons (Fsp3) is 0. The Morgan fingerprint density at radius 1 is 0.818 bits per heavy atom. The van der Waals surface area contributed by atoms with Gasteiger partial charge in [0, 0.05) is 11.8 Å². The Hall–Kier alpha value is -2.95. The summed E-state index contributed by atoms with van der Waals surface area (Å²) in [5, 5.41) is 6.99. The Bertz CT molecular complexity index is 849. The smallest absolute Gasteiger partial charge is 0.308 e. The van der Waals surface area contributed by atoms with Crippen LogP contribution >= 0.6 is 0 Å². The molecule has 0 fully saturated rings. The first-order valence-electron chi connectivity index (χ1n) is 6.64. The molecule has 2 amide bonds. The standard InChI is InChI=1S/C17H12F2N2O/c18-13-6-8-16(15(19)10-13)21-17(22)20-14-7-5-11-3-1-2-4-12(11)9-14/h1-10H,(H2,20,21,22). The van der Waals surface area contributed by atoms with Crippen LogP contribution in [0.15, 0.2) is 60.7 Å². The first-order chi connectivity index (χ1) is 10.6. The van der Waals surface area contributed by atoms with Crippen LogP contribution in [-0.4, -0.2) is 6.03 Å². The second-order valence-electron chi connectivity index (χ2n) is 4.77. The first-order valence-corrected chi connectivity index (χ1v) is 6.64. The van der Waals surface area contributed by atoms with Gasteiger partial charge in [0.25, 0.3) is 0 Å². The number of nitrogens with one attached hydrogen (secondary N) is 2. The van der Waals surface area contributed by atoms with Crippen molar-refractivity contribution < 1.29 is 13.6 Å². The van der Waals surface area contributed by atoms with Crippen molar-refractivity contribution in [2.24, 2.45) is 0 Å². The van der Waals surface area contributed by atoms with E-state index in [4.69, 9.17) is 0 Å². The van der Waals surface area contributed by atoms with Gasteiger partial charge >= 0.3 is 6.03 Å². The molecular formula is C17H12F2N2O. The van der Waals surface area contributed by atoms with Crippen molar-refractivity contribution in [3.63, 3.8) is 0 Å². The van der Waals surface area contributed by atoms with E-state index in [1.807, 2.05) is 36.4 Å². The van der Waals surface area contributed by atoms with Crippen molar-refractivity contribution in [2.45, 2.75) is 0 Å². The van der Waals surface area contributed by atoms with Crippen molar-refractivity contribution in [3.8, 4) is 0 Å². The monoisotopic (exact) mass is 298 g/mol. The van der Waals surface area contributed by atoms with E-state index in [-0.39, 0.29) is 5.69 Å². The van der Waals surface area contributed by atoms with Crippen molar-refractivity contribution >= 4 is 28.2 Å². The number of hydrogen-bond donors (Lipinski definition) is 2. The Balaban J connectivity index is 1.75. The summed E-state index contributed by atoms with van der Waals surface area (Å²) in [6.45, 7) is 0. The van der Waals surface area contributed by atoms with Gasteiger partial charge in [-0.3, -0.25) is 0 Å². The molecular weight excluding hydrogens is 286 g/mol. The van der Waals surface area contributed by atoms with Gasteiger partial charge in [0.05, 0.1) is 5.69 Å². The molecule has 5 heteroatoms. The zero-order chi connectivity index (χ0) is 15.5. The number of anilines is 2. The van der Waals surface area contributed by atoms with Crippen LogP contribution in [-0.2, 0) is 0 Å². The highest BCUT2D eigenvalue weighted by Gasteiger charge is 2.08. The van der Waals surface area contributed by atoms with Crippen LogP contribution in [0.1, 0.15) is 0 Å². The summed E-state index contributed by atoms with van der Waals surface area (Å²) in [6.07, 6.45) is 0. The van der Waals surface area contributed by atoms with Gasteiger partial charge in [-0.05, 0) is 35.0 Å². The lowest BCUT2D eigenvalue weighted by Gasteiger charge is -2.09. The molecule has 0 aliphatic carbocycles. The maximum absolute atomic E-state index is 13.5. The predicted molar refractivity (Wildman–Crippen MR) is 82.9 cm³/mol. The molecule has 0 radical (unpaired) electrons. The average Bonchev–Trinajstić information content (AvgIpc) is 2.50. The molecule has 22 heavy (non-hydrogen) atoms. The Morgan fingerprint density at radius 3 is 2.36 bits per heavy atom. The maximum Gasteiger partial charge on any atom is 0.323 e. The number of fused-ring (bicyclic) bond motifs is 1. The van der Waals surface area contributed by atoms with E-state index in [0.29, 0.717) is 11.8 Å². The van der Waals surface area contributed by atoms with Crippen LogP contribution < -0.4 is 10.6 Å². The fourth-order valence-corrected chi connectivity index (χ4v) is 2.14. The van der Waals surface area contributed by atoms with Gasteiger partial charge in [-0.15, -0.1) is 0 Å². The number of urea groups is 1. The zero-order valence-electron chi connectivity index (χ0n) is 11.4. The van der Waals surface area contributed by atoms with E-state index in [1.165, 1.54) is 6.07 Å². The highest BCUT2D eigenvalue weighted by Crippen LogP contribution is 2.20. The van der Waals surface area contributed by atoms with Gasteiger partial charge in [0.2, 0.25) is 0 Å². The largest absolute Gasteiger partial charge is 0.323 e. The molecule has 3 rings (SSSR count). The number of carbonyl (C=O) groups is 1. The molecule has 0 saturated heterocycles. The third-order valence-corrected chi connectivity index (χ3v) is 3.19. The lowest BCUT2D eigenvalue weighted by Crippen LogP contribution is -2.20. The van der Waals surface area contributed by atoms with Crippen LogP contribution in [0, 0.1) is 11.6 Å². The van der Waals surface area contributed by atoms with Crippen LogP contribution in [0.2, 0.25) is 0 Å². The summed E-state index contributed by atoms with van der Waals surface area (Å²) >= 11 is 0. The zero-order valence-corrected chi connectivity index (χ0v) is 11.4. The summed E-state index contributed by atoms with van der Waals surface area (Å²) in [6, 6.07) is 15.5. The first kappa shape index (κ1) is 14.0. The third kappa shape index (κ3) is 3.03. The number of rotatable bonds is 2. The number of amides is 2. The van der Waals surface area contributed by atoms with Crippen molar-refractivity contribution in [1.82, 2.24) is 0 Å². The minimum atomic E-state index is -0.825. The normalized spacial score (nSPS) is 10.5. The minimum Gasteiger partial charge on any atom is -0.308 e. The molecule has 2 N–H and O–H groups in total. The van der Waals surface area contributed by atoms with Gasteiger partial charge in [-0.1, -0.05) is 30.3 Å². The lowest BCUT2D eigenvalue weighted by atomic mass is 10.1. The molecule has 0 aromatic heterocycles. The lowest BCUT2D eigenvalue weighted by molar-refractivity contribution is 0.262. The summed E-state index contributed by atoms with van der Waals surface area (Å²) in [5.41, 5.74) is 0.499. The van der Waals surface area contributed by atoms with E-state index in [1.54, 1.807) is 6.07 Å². The number of hydrogen-bond acceptors (Lipinski definition) is 1. The van der Waals surface area contributed by atoms with E-state index in [9.17, 15) is 13.6 Å². The fourth-order valence-electron chi connectivity index (χ4n) is 2.14. The van der Waals surface area contributed by atoms with Crippen LogP contribution in [0.25, 0.3) is 10.8 Å². The second kappa shape index (κ2) is 5.81. The predicted octanol–water partition coefficient (Wildman–Crippen LogP) is 4.76. The molecule has 3 aromatic rings. The number of benzene rings is 3. The Kier molecular flexibility index (Phi) is 3.70. The average molecular weight is 298 g/mol. The SMILES string of the molecule is O=C(Nc1ccc2ccccc2c1)Nc1ccc(F)cc1F. The summed E-state index contributed by atoms with van der Waals surface area (Å²) in [7, 11) is 0. The molecule has 0 aliphatic heterocycles. The van der Waals surface area contributed by atoms with Crippen molar-refractivity contribution in [2.75, 3.05) is 10.6 Å². The van der Waals surface area contributed by atoms with E-state index in [0.717, 1.165) is 16.8 Å². The Labute approximate surface area is 125 Å². The van der Waals surface area contributed by atoms with Crippen molar-refractivity contribution in [1.29, 1.82) is 0 Å². The summed E-state index contributed by atoms with van der Waals surface area (Å²) in [4.78, 5) is 11.9. The third-order valence-electron chi connectivity index (χ3n) is 3.19. The second-order valence-corrected chi connectivity index (χ2v) is 4.77. The molecule has 0 aliphatic rings. The quantitative estimate of drug-likeness (QED) is 0.703. The molecule has 110 valence electrons. The number of carbonyl (C=O) groups excluding carboxylic acids is 1. The highest BCUT2D eigenvalue weighted by molar-refractivity contribution is 6.01. The van der Waals surface area contributed by atoms with Crippen molar-refractivity contribution in [3.05, 3.63) is 72.3 Å². The van der Waals surface area contributed by atoms with E-state index in [2.05, 4.69) is 10.6 Å². The summed E-state index contributed by atoms with van der Waals surface area (Å²) in [5.74, 6) is -1.52. The van der Waals surface area contributed by atoms with E-state index < -0.39 is 17.7 Å². The molecule has 0 bridgehead atoms. The molecule has 0 spiro atoms.